The molecule has 3 aromatic heterocycles. The van der Waals surface area contributed by atoms with E-state index in [1.54, 1.807) is 24.5 Å². The van der Waals surface area contributed by atoms with Gasteiger partial charge in [-0.05, 0) is 179 Å². The molecule has 0 fully saturated rings. The van der Waals surface area contributed by atoms with E-state index in [1.807, 2.05) is 22.7 Å². The van der Waals surface area contributed by atoms with Crippen molar-refractivity contribution in [2.75, 3.05) is 7.11 Å². The molecule has 1 N–H and O–H groups in total. The van der Waals surface area contributed by atoms with Gasteiger partial charge in [-0.25, -0.2) is 4.79 Å². The molecule has 5 aromatic carbocycles. The van der Waals surface area contributed by atoms with Crippen LogP contribution in [-0.4, -0.2) is 29.8 Å². The Bertz CT molecular complexity index is 3580. The van der Waals surface area contributed by atoms with E-state index >= 15 is 0 Å². The summed E-state index contributed by atoms with van der Waals surface area (Å²) in [7, 11) is 1.73. The average Bonchev–Trinajstić information content (AvgIpc) is 4.28. The first-order valence-electron chi connectivity index (χ1n) is 29.9. The van der Waals surface area contributed by atoms with Crippen molar-refractivity contribution in [3.05, 3.63) is 199 Å². The molecule has 2 atom stereocenters. The lowest BCUT2D eigenvalue weighted by atomic mass is 9.65. The molecule has 0 amide bonds. The lowest BCUT2D eigenvalue weighted by molar-refractivity contribution is 0.0696. The van der Waals surface area contributed by atoms with Gasteiger partial charge in [-0.3, -0.25) is 9.59 Å². The van der Waals surface area contributed by atoms with E-state index in [1.165, 1.54) is 149 Å². The van der Waals surface area contributed by atoms with Crippen molar-refractivity contribution >= 4 is 57.6 Å². The number of rotatable bonds is 23. The van der Waals surface area contributed by atoms with E-state index in [0.717, 1.165) is 68.4 Å². The molecule has 81 heavy (non-hydrogen) atoms. The number of fused-ring (bicyclic) bond motifs is 3. The fourth-order valence-corrected chi connectivity index (χ4v) is 16.4. The Balaban J connectivity index is 1.00. The number of Topliss-reactive ketones (excluding diaryl/α,β-unsaturated/α-hetero) is 2. The van der Waals surface area contributed by atoms with Gasteiger partial charge in [0.05, 0.1) is 18.2 Å². The second-order valence-electron chi connectivity index (χ2n) is 23.2. The van der Waals surface area contributed by atoms with Gasteiger partial charge in [0.25, 0.3) is 0 Å². The number of carboxylic acid groups (broad SMARTS) is 1. The number of unbranched alkanes of at least 4 members (excludes halogenated alkanes) is 9. The van der Waals surface area contributed by atoms with Crippen molar-refractivity contribution in [3.8, 4) is 46.8 Å². The maximum atomic E-state index is 13.8. The summed E-state index contributed by atoms with van der Waals surface area (Å²) in [5.41, 5.74) is 15.1. The summed E-state index contributed by atoms with van der Waals surface area (Å²) in [5.74, 6) is -0.377. The second-order valence-corrected chi connectivity index (χ2v) is 26.4. The van der Waals surface area contributed by atoms with Crippen molar-refractivity contribution in [3.63, 3.8) is 0 Å². The van der Waals surface area contributed by atoms with Crippen molar-refractivity contribution in [1.82, 2.24) is 0 Å². The highest BCUT2D eigenvalue weighted by Gasteiger charge is 2.37. The van der Waals surface area contributed by atoms with Crippen LogP contribution in [0.1, 0.15) is 211 Å². The van der Waals surface area contributed by atoms with Crippen molar-refractivity contribution in [1.29, 1.82) is 0 Å². The number of hydrogen-bond acceptors (Lipinski definition) is 7. The Morgan fingerprint density at radius 3 is 1.79 bits per heavy atom. The van der Waals surface area contributed by atoms with E-state index in [9.17, 15) is 19.5 Å². The Kier molecular flexibility index (Phi) is 18.4. The Labute approximate surface area is 493 Å². The monoisotopic (exact) mass is 1130 g/mol. The number of methoxy groups -OCH3 is 1. The van der Waals surface area contributed by atoms with Crippen molar-refractivity contribution in [2.45, 2.75) is 162 Å². The normalized spacial score (nSPS) is 16.1. The Morgan fingerprint density at radius 2 is 1.16 bits per heavy atom. The maximum absolute atomic E-state index is 13.8. The van der Waals surface area contributed by atoms with Gasteiger partial charge in [-0.1, -0.05) is 172 Å². The molecule has 2 aliphatic carbocycles. The summed E-state index contributed by atoms with van der Waals surface area (Å²) in [6, 6.07) is 45.9. The highest BCUT2D eigenvalue weighted by Crippen LogP contribution is 2.50. The number of hydrogen-bond donors (Lipinski definition) is 1. The molecule has 0 radical (unpaired) electrons. The summed E-state index contributed by atoms with van der Waals surface area (Å²) in [5, 5.41) is 9.66. The predicted octanol–water partition coefficient (Wildman–Crippen LogP) is 20.8. The van der Waals surface area contributed by atoms with E-state index < -0.39 is 11.8 Å². The lowest BCUT2D eigenvalue weighted by Crippen LogP contribution is -2.28. The molecule has 2 aliphatic rings. The lowest BCUT2D eigenvalue weighted by Gasteiger charge is -2.38. The fourth-order valence-electron chi connectivity index (χ4n) is 12.6. The summed E-state index contributed by atoms with van der Waals surface area (Å²) in [6.45, 7) is 14.0. The van der Waals surface area contributed by atoms with Gasteiger partial charge < -0.3 is 9.84 Å². The highest BCUT2D eigenvalue weighted by atomic mass is 32.1. The van der Waals surface area contributed by atoms with Crippen LogP contribution in [0.25, 0.3) is 47.2 Å². The standard InChI is InChI=1S/C73H78O5S3/c1-8-11-14-17-23-52-39-57(45-62-67(74)59-38-34-55(72(76)77)41-61(59)68(62)75)79-70(52)71-54(25-19-16-13-10-3)44-66(81-71)65-43-53(24-18-15-12-9-2)69(80-65)49-29-27-47(28-30-49)50-33-37-58-46(4)60(48-31-35-56(78-7)36-32-48)40-51-22-20-21-26-63(51)73(5,6)64(58)42-50/h20-22,26-39,41-46,60H,8-19,23-25,40H2,1-7H3,(H,76,77)/b62-45+. The third-order valence-corrected chi connectivity index (χ3v) is 21.2. The van der Waals surface area contributed by atoms with Gasteiger partial charge in [0.2, 0.25) is 0 Å². The zero-order valence-electron chi connectivity index (χ0n) is 48.5. The second kappa shape index (κ2) is 25.8. The van der Waals surface area contributed by atoms with E-state index in [0.29, 0.717) is 11.8 Å². The van der Waals surface area contributed by atoms with Crippen LogP contribution in [0.3, 0.4) is 0 Å². The number of allylic oxidation sites excluding steroid dienone is 1. The fraction of sp³-hybridized carbons (Fsp3) is 0.356. The number of aryl methyl sites for hydroxylation is 3. The first-order valence-corrected chi connectivity index (χ1v) is 32.3. The highest BCUT2D eigenvalue weighted by molar-refractivity contribution is 7.27. The van der Waals surface area contributed by atoms with Gasteiger partial charge in [-0.15, -0.1) is 34.0 Å². The van der Waals surface area contributed by atoms with Gasteiger partial charge in [0, 0.05) is 45.8 Å². The number of aromatic carboxylic acids is 1. The number of ketones is 2. The molecule has 10 rings (SSSR count). The van der Waals surface area contributed by atoms with Crippen LogP contribution in [0.2, 0.25) is 0 Å². The van der Waals surface area contributed by atoms with Crippen LogP contribution < -0.4 is 4.74 Å². The van der Waals surface area contributed by atoms with Crippen LogP contribution in [-0.2, 0) is 31.1 Å². The molecule has 5 nitrogen and oxygen atoms in total. The number of ether oxygens (including phenoxy) is 1. The first kappa shape index (κ1) is 57.8. The van der Waals surface area contributed by atoms with E-state index in [2.05, 4.69) is 151 Å². The third kappa shape index (κ3) is 12.4. The molecule has 0 aliphatic heterocycles. The number of benzene rings is 5. The minimum absolute atomic E-state index is 0.00151. The summed E-state index contributed by atoms with van der Waals surface area (Å²) in [6.07, 6.45) is 19.7. The SMILES string of the molecule is CCCCCCc1cc(-c2cc(CCCCCC)c(-c3sc(/C=C4\C(=O)c5ccc(C(=O)O)cc5C4=O)cc3CCCCCC)s2)sc1-c1ccc(-c2ccc3c(c2)C(C)(C)c2ccccc2CC(c2ccc(OC)cc2)C3C)cc1. The smallest absolute Gasteiger partial charge is 0.335 e. The molecule has 2 unspecified atom stereocenters. The summed E-state index contributed by atoms with van der Waals surface area (Å²) >= 11 is 5.52. The molecule has 0 saturated carbocycles. The van der Waals surface area contributed by atoms with Crippen molar-refractivity contribution in [2.24, 2.45) is 0 Å². The summed E-state index contributed by atoms with van der Waals surface area (Å²) < 4.78 is 5.57. The molecule has 8 aromatic rings. The molecular weight excluding hydrogens is 1050 g/mol. The molecule has 3 heterocycles. The Hall–Kier alpha value is -6.45. The van der Waals surface area contributed by atoms with Crippen LogP contribution in [0, 0.1) is 0 Å². The van der Waals surface area contributed by atoms with Gasteiger partial charge in [-0.2, -0.15) is 0 Å². The quantitative estimate of drug-likeness (QED) is 0.0392. The average molecular weight is 1130 g/mol. The van der Waals surface area contributed by atoms with Gasteiger partial charge in [0.15, 0.2) is 11.6 Å². The Morgan fingerprint density at radius 1 is 0.593 bits per heavy atom. The first-order chi connectivity index (χ1) is 39.3. The van der Waals surface area contributed by atoms with E-state index in [4.69, 9.17) is 4.74 Å². The van der Waals surface area contributed by atoms with Crippen LogP contribution in [0.5, 0.6) is 5.75 Å². The molecular formula is C73H78O5S3. The minimum atomic E-state index is -1.12. The zero-order chi connectivity index (χ0) is 56.8. The zero-order valence-corrected chi connectivity index (χ0v) is 50.9. The predicted molar refractivity (Wildman–Crippen MR) is 342 cm³/mol. The molecule has 0 bridgehead atoms. The molecule has 418 valence electrons. The van der Waals surface area contributed by atoms with Crippen LogP contribution in [0.15, 0.2) is 133 Å². The van der Waals surface area contributed by atoms with Crippen molar-refractivity contribution < 1.29 is 24.2 Å². The summed E-state index contributed by atoms with van der Waals surface area (Å²) in [4.78, 5) is 46.8. The largest absolute Gasteiger partial charge is 0.497 e. The van der Waals surface area contributed by atoms with Gasteiger partial charge in [0.1, 0.15) is 5.75 Å². The molecule has 0 spiro atoms. The number of carbonyl (C=O) groups excluding carboxylic acids is 2. The molecule has 0 saturated heterocycles. The van der Waals surface area contributed by atoms with Gasteiger partial charge >= 0.3 is 5.97 Å². The third-order valence-electron chi connectivity index (χ3n) is 17.3. The van der Waals surface area contributed by atoms with Crippen LogP contribution in [0.4, 0.5) is 0 Å². The number of thiophene rings is 3. The minimum Gasteiger partial charge on any atom is -0.497 e. The van der Waals surface area contributed by atoms with Crippen LogP contribution >= 0.6 is 34.0 Å². The van der Waals surface area contributed by atoms with E-state index in [-0.39, 0.29) is 33.5 Å². The maximum Gasteiger partial charge on any atom is 0.335 e. The topological polar surface area (TPSA) is 80.7 Å². The number of carbonyl (C=O) groups is 3. The number of carboxylic acids is 1. The molecule has 8 heteroatoms.